The summed E-state index contributed by atoms with van der Waals surface area (Å²) >= 11 is 0. The first kappa shape index (κ1) is 22.1. The predicted molar refractivity (Wildman–Crippen MR) is 112 cm³/mol. The first-order valence-electron chi connectivity index (χ1n) is 10.6. The van der Waals surface area contributed by atoms with E-state index >= 15 is 0 Å². The molecule has 1 saturated heterocycles. The summed E-state index contributed by atoms with van der Waals surface area (Å²) in [6, 6.07) is 8.43. The molecule has 3 rings (SSSR count). The van der Waals surface area contributed by atoms with Gasteiger partial charge in [-0.15, -0.1) is 0 Å². The van der Waals surface area contributed by atoms with Crippen LogP contribution in [0.5, 0.6) is 0 Å². The van der Waals surface area contributed by atoms with E-state index in [1.807, 2.05) is 37.3 Å². The Bertz CT molecular complexity index is 781. The summed E-state index contributed by atoms with van der Waals surface area (Å²) in [6.45, 7) is 7.46. The summed E-state index contributed by atoms with van der Waals surface area (Å²) < 4.78 is 10.6. The smallest absolute Gasteiger partial charge is 0.417 e. The molecule has 0 bridgehead atoms. The van der Waals surface area contributed by atoms with E-state index in [2.05, 4.69) is 5.32 Å². The fourth-order valence-corrected chi connectivity index (χ4v) is 4.34. The highest BCUT2D eigenvalue weighted by molar-refractivity contribution is 5.98. The van der Waals surface area contributed by atoms with Crippen molar-refractivity contribution in [3.8, 4) is 0 Å². The van der Waals surface area contributed by atoms with E-state index in [1.165, 1.54) is 4.90 Å². The highest BCUT2D eigenvalue weighted by Gasteiger charge is 2.49. The van der Waals surface area contributed by atoms with Crippen molar-refractivity contribution >= 4 is 18.1 Å². The number of alkyl carbamates (subject to hydrolysis) is 1. The Hall–Kier alpha value is -2.57. The summed E-state index contributed by atoms with van der Waals surface area (Å²) in [5.74, 6) is -0.423. The van der Waals surface area contributed by atoms with Gasteiger partial charge in [0.25, 0.3) is 5.91 Å². The molecule has 3 amide bonds. The van der Waals surface area contributed by atoms with Crippen LogP contribution in [0, 0.1) is 5.41 Å². The van der Waals surface area contributed by atoms with Crippen LogP contribution in [0.2, 0.25) is 0 Å². The number of hydrogen-bond donors (Lipinski definition) is 1. The molecule has 164 valence electrons. The second-order valence-corrected chi connectivity index (χ2v) is 9.57. The topological polar surface area (TPSA) is 84.9 Å². The van der Waals surface area contributed by atoms with Gasteiger partial charge in [-0.25, -0.2) is 14.5 Å². The number of carbonyl (C=O) groups excluding carboxylic acids is 3. The lowest BCUT2D eigenvalue weighted by atomic mass is 9.79. The fourth-order valence-electron chi connectivity index (χ4n) is 4.34. The van der Waals surface area contributed by atoms with Gasteiger partial charge in [0.2, 0.25) is 0 Å². The van der Waals surface area contributed by atoms with Crippen LogP contribution in [0.1, 0.15) is 58.9 Å². The zero-order valence-corrected chi connectivity index (χ0v) is 18.3. The molecule has 2 fully saturated rings. The molecule has 0 spiro atoms. The molecule has 2 atom stereocenters. The van der Waals surface area contributed by atoms with Gasteiger partial charge in [0.15, 0.2) is 0 Å². The van der Waals surface area contributed by atoms with Crippen molar-refractivity contribution in [3.05, 3.63) is 35.9 Å². The maximum Gasteiger partial charge on any atom is 0.417 e. The Labute approximate surface area is 178 Å². The Morgan fingerprint density at radius 2 is 1.87 bits per heavy atom. The predicted octanol–water partition coefficient (Wildman–Crippen LogP) is 4.05. The normalized spacial score (nSPS) is 21.8. The lowest BCUT2D eigenvalue weighted by Crippen LogP contribution is -2.58. The number of carbonyl (C=O) groups is 3. The van der Waals surface area contributed by atoms with Crippen LogP contribution in [-0.4, -0.2) is 47.3 Å². The molecule has 1 N–H and O–H groups in total. The molecule has 0 radical (unpaired) electrons. The molecule has 1 aliphatic carbocycles. The highest BCUT2D eigenvalue weighted by Crippen LogP contribution is 2.41. The van der Waals surface area contributed by atoms with Crippen LogP contribution < -0.4 is 5.32 Å². The summed E-state index contributed by atoms with van der Waals surface area (Å²) in [4.78, 5) is 39.8. The van der Waals surface area contributed by atoms with E-state index in [9.17, 15) is 14.4 Å². The summed E-state index contributed by atoms with van der Waals surface area (Å²) in [5.41, 5.74) is -0.104. The molecule has 7 heteroatoms. The Balaban J connectivity index is 1.83. The van der Waals surface area contributed by atoms with Gasteiger partial charge in [0.05, 0.1) is 6.04 Å². The minimum atomic E-state index is -0.848. The number of nitrogens with zero attached hydrogens (tertiary/aromatic N) is 1. The molecular weight excluding hydrogens is 384 g/mol. The minimum absolute atomic E-state index is 0.148. The zero-order valence-electron chi connectivity index (χ0n) is 18.3. The van der Waals surface area contributed by atoms with E-state index in [0.717, 1.165) is 31.2 Å². The second-order valence-electron chi connectivity index (χ2n) is 9.57. The third kappa shape index (κ3) is 5.12. The lowest BCUT2D eigenvalue weighted by molar-refractivity contribution is -0.134. The molecule has 1 aromatic rings. The number of benzene rings is 1. The van der Waals surface area contributed by atoms with Crippen LogP contribution in [0.15, 0.2) is 30.3 Å². The van der Waals surface area contributed by atoms with E-state index in [1.54, 1.807) is 20.8 Å². The van der Waals surface area contributed by atoms with E-state index < -0.39 is 41.2 Å². The first-order chi connectivity index (χ1) is 14.1. The van der Waals surface area contributed by atoms with Gasteiger partial charge in [0.1, 0.15) is 18.2 Å². The first-order valence-corrected chi connectivity index (χ1v) is 10.6. The van der Waals surface area contributed by atoms with E-state index in [0.29, 0.717) is 6.42 Å². The molecule has 30 heavy (non-hydrogen) atoms. The van der Waals surface area contributed by atoms with Crippen molar-refractivity contribution in [1.82, 2.24) is 10.2 Å². The van der Waals surface area contributed by atoms with Gasteiger partial charge in [-0.2, -0.15) is 0 Å². The molecule has 1 aromatic carbocycles. The molecule has 0 aromatic heterocycles. The average Bonchev–Trinajstić information content (AvgIpc) is 3.25. The van der Waals surface area contributed by atoms with Crippen LogP contribution in [0.4, 0.5) is 9.59 Å². The Kier molecular flexibility index (Phi) is 6.38. The van der Waals surface area contributed by atoms with E-state index in [-0.39, 0.29) is 6.61 Å². The maximum absolute atomic E-state index is 13.6. The second kappa shape index (κ2) is 8.66. The van der Waals surface area contributed by atoms with Crippen LogP contribution >= 0.6 is 0 Å². The van der Waals surface area contributed by atoms with Gasteiger partial charge in [0, 0.05) is 0 Å². The van der Waals surface area contributed by atoms with Gasteiger partial charge in [-0.05, 0) is 51.0 Å². The number of nitrogens with one attached hydrogen (secondary N) is 1. The van der Waals surface area contributed by atoms with Gasteiger partial charge >= 0.3 is 12.2 Å². The highest BCUT2D eigenvalue weighted by atomic mass is 16.6. The van der Waals surface area contributed by atoms with Crippen LogP contribution in [0.25, 0.3) is 0 Å². The number of hydrogen-bond acceptors (Lipinski definition) is 5. The van der Waals surface area contributed by atoms with Crippen LogP contribution in [0.3, 0.4) is 0 Å². The molecular formula is C23H32N2O5. The average molecular weight is 417 g/mol. The maximum atomic E-state index is 13.6. The molecule has 7 nitrogen and oxygen atoms in total. The molecule has 2 unspecified atom stereocenters. The van der Waals surface area contributed by atoms with E-state index in [4.69, 9.17) is 9.47 Å². The fraction of sp³-hybridized carbons (Fsp3) is 0.609. The van der Waals surface area contributed by atoms with Crippen molar-refractivity contribution in [2.45, 2.75) is 77.5 Å². The summed E-state index contributed by atoms with van der Waals surface area (Å²) in [7, 11) is 0. The summed E-state index contributed by atoms with van der Waals surface area (Å²) in [5, 5.41) is 2.78. The van der Waals surface area contributed by atoms with Crippen molar-refractivity contribution in [2.24, 2.45) is 5.41 Å². The Morgan fingerprint density at radius 1 is 1.23 bits per heavy atom. The van der Waals surface area contributed by atoms with Crippen molar-refractivity contribution in [2.75, 3.05) is 6.61 Å². The number of imide groups is 1. The monoisotopic (exact) mass is 416 g/mol. The third-order valence-electron chi connectivity index (χ3n) is 5.86. The van der Waals surface area contributed by atoms with Crippen molar-refractivity contribution in [3.63, 3.8) is 0 Å². The zero-order chi connectivity index (χ0) is 21.9. The number of ether oxygens (including phenoxy) is 2. The lowest BCUT2D eigenvalue weighted by Gasteiger charge is -2.36. The summed E-state index contributed by atoms with van der Waals surface area (Å²) in [6.07, 6.45) is 2.76. The third-order valence-corrected chi connectivity index (χ3v) is 5.86. The SMILES string of the molecule is CC(C)(C)OC(=O)NC(C(=O)N1C(=O)OCC1Cc1ccccc1)C1(C)CCCC1. The number of cyclic esters (lactones) is 1. The van der Waals surface area contributed by atoms with Crippen LogP contribution in [-0.2, 0) is 20.7 Å². The quantitative estimate of drug-likeness (QED) is 0.783. The molecule has 1 saturated carbocycles. The minimum Gasteiger partial charge on any atom is -0.447 e. The number of amides is 3. The van der Waals surface area contributed by atoms with Gasteiger partial charge in [-0.1, -0.05) is 50.1 Å². The standard InChI is InChI=1S/C23H32N2O5/c1-22(2,3)30-20(27)24-18(23(4)12-8-9-13-23)19(26)25-17(15-29-21(25)28)14-16-10-6-5-7-11-16/h5-7,10-11,17-18H,8-9,12-15H2,1-4H3,(H,24,27). The Morgan fingerprint density at radius 3 is 2.47 bits per heavy atom. The van der Waals surface area contributed by atoms with Gasteiger partial charge in [-0.3, -0.25) is 4.79 Å². The largest absolute Gasteiger partial charge is 0.447 e. The van der Waals surface area contributed by atoms with Crippen molar-refractivity contribution < 1.29 is 23.9 Å². The van der Waals surface area contributed by atoms with Crippen molar-refractivity contribution in [1.29, 1.82) is 0 Å². The molecule has 1 heterocycles. The molecule has 2 aliphatic rings. The number of rotatable bonds is 5. The van der Waals surface area contributed by atoms with Gasteiger partial charge < -0.3 is 14.8 Å². The molecule has 1 aliphatic heterocycles.